The van der Waals surface area contributed by atoms with Gasteiger partial charge in [0.05, 0.1) is 18.6 Å². The van der Waals surface area contributed by atoms with E-state index in [1.165, 1.54) is 16.8 Å². The minimum absolute atomic E-state index is 0.0757. The van der Waals surface area contributed by atoms with Gasteiger partial charge in [0.2, 0.25) is 0 Å². The van der Waals surface area contributed by atoms with E-state index in [1.54, 1.807) is 7.11 Å². The highest BCUT2D eigenvalue weighted by Crippen LogP contribution is 2.25. The lowest BCUT2D eigenvalue weighted by Crippen LogP contribution is -2.51. The van der Waals surface area contributed by atoms with Crippen LogP contribution in [0.4, 0.5) is 0 Å². The molecule has 2 rings (SSSR count). The van der Waals surface area contributed by atoms with E-state index in [-0.39, 0.29) is 23.7 Å². The molecule has 102 valence electrons. The van der Waals surface area contributed by atoms with Gasteiger partial charge in [-0.05, 0) is 12.8 Å². The van der Waals surface area contributed by atoms with Gasteiger partial charge in [0, 0.05) is 26.2 Å². The van der Waals surface area contributed by atoms with E-state index in [0.717, 1.165) is 0 Å². The number of hydrogen-bond donors (Lipinski definition) is 2. The number of H-pyrrole nitrogens is 1. The van der Waals surface area contributed by atoms with E-state index in [1.807, 2.05) is 0 Å². The van der Waals surface area contributed by atoms with Gasteiger partial charge in [-0.25, -0.2) is 13.4 Å². The molecule has 8 heteroatoms. The molecular formula is C10H18N4O3S. The molecule has 0 aliphatic carbocycles. The van der Waals surface area contributed by atoms with Crippen LogP contribution < -0.4 is 5.73 Å². The molecule has 0 bridgehead atoms. The Labute approximate surface area is 106 Å². The summed E-state index contributed by atoms with van der Waals surface area (Å²) in [5.74, 6) is 0. The minimum Gasteiger partial charge on any atom is -0.381 e. The molecule has 2 unspecified atom stereocenters. The lowest BCUT2D eigenvalue weighted by Gasteiger charge is -2.36. The molecule has 0 spiro atoms. The first-order valence-electron chi connectivity index (χ1n) is 5.82. The van der Waals surface area contributed by atoms with Gasteiger partial charge >= 0.3 is 0 Å². The fourth-order valence-corrected chi connectivity index (χ4v) is 3.81. The summed E-state index contributed by atoms with van der Waals surface area (Å²) in [6.07, 6.45) is 4.05. The fraction of sp³-hybridized carbons (Fsp3) is 0.700. The van der Waals surface area contributed by atoms with Crippen LogP contribution in [-0.4, -0.2) is 55.0 Å². The van der Waals surface area contributed by atoms with Crippen molar-refractivity contribution in [3.05, 3.63) is 12.5 Å². The number of sulfonamides is 1. The molecule has 0 amide bonds. The first kappa shape index (κ1) is 13.5. The van der Waals surface area contributed by atoms with Crippen molar-refractivity contribution < 1.29 is 13.2 Å². The largest absolute Gasteiger partial charge is 0.381 e. The maximum Gasteiger partial charge on any atom is 0.260 e. The van der Waals surface area contributed by atoms with E-state index in [9.17, 15) is 8.42 Å². The third-order valence-corrected chi connectivity index (χ3v) is 5.16. The van der Waals surface area contributed by atoms with Gasteiger partial charge < -0.3 is 15.5 Å². The summed E-state index contributed by atoms with van der Waals surface area (Å²) < 4.78 is 31.5. The quantitative estimate of drug-likeness (QED) is 0.773. The maximum absolute atomic E-state index is 12.4. The van der Waals surface area contributed by atoms with Gasteiger partial charge in [-0.15, -0.1) is 0 Å². The predicted molar refractivity (Wildman–Crippen MR) is 65.4 cm³/mol. The smallest absolute Gasteiger partial charge is 0.260 e. The Bertz CT molecular complexity index is 473. The van der Waals surface area contributed by atoms with Crippen LogP contribution in [0.25, 0.3) is 0 Å². The Morgan fingerprint density at radius 1 is 1.67 bits per heavy atom. The molecule has 18 heavy (non-hydrogen) atoms. The molecule has 1 aromatic rings. The number of nitrogens with one attached hydrogen (secondary N) is 1. The summed E-state index contributed by atoms with van der Waals surface area (Å²) in [7, 11) is -1.90. The molecule has 1 aliphatic rings. The van der Waals surface area contributed by atoms with E-state index < -0.39 is 10.0 Å². The van der Waals surface area contributed by atoms with Crippen LogP contribution in [0.5, 0.6) is 0 Å². The molecule has 3 N–H and O–H groups in total. The molecule has 1 fully saturated rings. The number of rotatable bonds is 4. The molecular weight excluding hydrogens is 256 g/mol. The van der Waals surface area contributed by atoms with Crippen molar-refractivity contribution >= 4 is 10.0 Å². The fourth-order valence-electron chi connectivity index (χ4n) is 2.25. The molecule has 1 saturated heterocycles. The van der Waals surface area contributed by atoms with Gasteiger partial charge in [-0.2, -0.15) is 4.31 Å². The Balaban J connectivity index is 2.22. The Morgan fingerprint density at radius 3 is 3.00 bits per heavy atom. The van der Waals surface area contributed by atoms with Crippen molar-refractivity contribution in [2.24, 2.45) is 5.73 Å². The predicted octanol–water partition coefficient (Wildman–Crippen LogP) is -0.463. The topological polar surface area (TPSA) is 101 Å². The number of aromatic nitrogens is 2. The number of nitrogens with zero attached hydrogens (tertiary/aromatic N) is 2. The third kappa shape index (κ3) is 2.41. The van der Waals surface area contributed by atoms with Crippen LogP contribution in [0.3, 0.4) is 0 Å². The highest BCUT2D eigenvalue weighted by Gasteiger charge is 2.36. The average molecular weight is 274 g/mol. The van der Waals surface area contributed by atoms with Crippen LogP contribution in [0.2, 0.25) is 0 Å². The van der Waals surface area contributed by atoms with E-state index >= 15 is 0 Å². The van der Waals surface area contributed by atoms with Crippen LogP contribution in [0.15, 0.2) is 17.6 Å². The second kappa shape index (κ2) is 5.35. The summed E-state index contributed by atoms with van der Waals surface area (Å²) in [6, 6.07) is -0.225. The van der Waals surface area contributed by atoms with Crippen LogP contribution in [0, 0.1) is 0 Å². The summed E-state index contributed by atoms with van der Waals surface area (Å²) in [4.78, 5) is 6.38. The van der Waals surface area contributed by atoms with Crippen molar-refractivity contribution in [3.63, 3.8) is 0 Å². The summed E-state index contributed by atoms with van der Waals surface area (Å²) >= 11 is 0. The number of nitrogens with two attached hydrogens (primary N) is 1. The molecule has 0 aromatic carbocycles. The van der Waals surface area contributed by atoms with Gasteiger partial charge in [-0.3, -0.25) is 0 Å². The van der Waals surface area contributed by atoms with Crippen molar-refractivity contribution in [2.75, 3.05) is 20.2 Å². The van der Waals surface area contributed by atoms with Crippen LogP contribution in [0.1, 0.15) is 12.8 Å². The first-order chi connectivity index (χ1) is 8.59. The Morgan fingerprint density at radius 2 is 2.44 bits per heavy atom. The standard InChI is InChI=1S/C10H18N4O3S/c1-17-9-2-3-14(8(4-9)5-11)18(15,16)10-6-12-7-13-10/h6-9H,2-5,11H2,1H3,(H,12,13). The van der Waals surface area contributed by atoms with Gasteiger partial charge in [0.25, 0.3) is 10.0 Å². The van der Waals surface area contributed by atoms with Gasteiger partial charge in [0.1, 0.15) is 0 Å². The molecule has 2 heterocycles. The monoisotopic (exact) mass is 274 g/mol. The van der Waals surface area contributed by atoms with E-state index in [0.29, 0.717) is 19.4 Å². The van der Waals surface area contributed by atoms with Gasteiger partial charge in [0.15, 0.2) is 5.03 Å². The van der Waals surface area contributed by atoms with Crippen molar-refractivity contribution in [1.29, 1.82) is 0 Å². The maximum atomic E-state index is 12.4. The number of hydrogen-bond acceptors (Lipinski definition) is 5. The number of ether oxygens (including phenoxy) is 1. The minimum atomic E-state index is -3.53. The lowest BCUT2D eigenvalue weighted by atomic mass is 10.0. The zero-order chi connectivity index (χ0) is 13.2. The van der Waals surface area contributed by atoms with Crippen molar-refractivity contribution in [3.8, 4) is 0 Å². The molecule has 2 atom stereocenters. The summed E-state index contributed by atoms with van der Waals surface area (Å²) in [6.45, 7) is 0.703. The Kier molecular flexibility index (Phi) is 4.00. The highest BCUT2D eigenvalue weighted by atomic mass is 32.2. The summed E-state index contributed by atoms with van der Waals surface area (Å²) in [5, 5.41) is 0.108. The van der Waals surface area contributed by atoms with Crippen LogP contribution >= 0.6 is 0 Å². The molecule has 1 aromatic heterocycles. The molecule has 7 nitrogen and oxygen atoms in total. The van der Waals surface area contributed by atoms with E-state index in [2.05, 4.69) is 9.97 Å². The third-order valence-electron chi connectivity index (χ3n) is 3.28. The lowest BCUT2D eigenvalue weighted by molar-refractivity contribution is 0.0401. The SMILES string of the molecule is COC1CCN(S(=O)(=O)c2cnc[nH]2)C(CN)C1. The number of aromatic amines is 1. The first-order valence-corrected chi connectivity index (χ1v) is 7.26. The molecule has 0 radical (unpaired) electrons. The van der Waals surface area contributed by atoms with Crippen molar-refractivity contribution in [1.82, 2.24) is 14.3 Å². The number of methoxy groups -OCH3 is 1. The Hall–Kier alpha value is -0.960. The molecule has 0 saturated carbocycles. The molecule has 1 aliphatic heterocycles. The zero-order valence-corrected chi connectivity index (χ0v) is 11.1. The second-order valence-electron chi connectivity index (χ2n) is 4.30. The normalized spacial score (nSPS) is 26.3. The second-order valence-corrected chi connectivity index (χ2v) is 6.16. The highest BCUT2D eigenvalue weighted by molar-refractivity contribution is 7.89. The number of piperidine rings is 1. The van der Waals surface area contributed by atoms with E-state index in [4.69, 9.17) is 10.5 Å². The number of imidazole rings is 1. The van der Waals surface area contributed by atoms with Gasteiger partial charge in [-0.1, -0.05) is 0 Å². The van der Waals surface area contributed by atoms with Crippen molar-refractivity contribution in [2.45, 2.75) is 30.0 Å². The van der Waals surface area contributed by atoms with Crippen LogP contribution in [-0.2, 0) is 14.8 Å². The zero-order valence-electron chi connectivity index (χ0n) is 10.2. The summed E-state index contributed by atoms with van der Waals surface area (Å²) in [5.41, 5.74) is 5.67. The average Bonchev–Trinajstić information content (AvgIpc) is 2.92.